The minimum Gasteiger partial charge on any atom is -0.389 e. The second-order valence-electron chi connectivity index (χ2n) is 6.66. The highest BCUT2D eigenvalue weighted by atomic mass is 19.4. The van der Waals surface area contributed by atoms with Gasteiger partial charge in [-0.05, 0) is 56.5 Å². The highest BCUT2D eigenvalue weighted by molar-refractivity contribution is 5.32. The van der Waals surface area contributed by atoms with E-state index in [2.05, 4.69) is 4.90 Å². The number of fused-ring (bicyclic) bond motifs is 2. The summed E-state index contributed by atoms with van der Waals surface area (Å²) in [4.78, 5) is 2.20. The fraction of sp³-hybridized carbons (Fsp3) is 0.625. The van der Waals surface area contributed by atoms with Crippen molar-refractivity contribution in [3.63, 3.8) is 0 Å². The van der Waals surface area contributed by atoms with Crippen molar-refractivity contribution in [3.8, 4) is 0 Å². The van der Waals surface area contributed by atoms with E-state index in [9.17, 15) is 22.7 Å². The molecule has 1 aromatic rings. The van der Waals surface area contributed by atoms with Crippen LogP contribution in [0.1, 0.15) is 36.8 Å². The summed E-state index contributed by atoms with van der Waals surface area (Å²) in [5.41, 5.74) is -2.20. The summed E-state index contributed by atoms with van der Waals surface area (Å²) in [6.45, 7) is 0. The lowest BCUT2D eigenvalue weighted by atomic mass is 9.80. The molecule has 6 heteroatoms. The number of benzene rings is 1. The van der Waals surface area contributed by atoms with Crippen LogP contribution in [0.4, 0.5) is 17.6 Å². The number of rotatable bonds is 2. The smallest absolute Gasteiger partial charge is 0.389 e. The van der Waals surface area contributed by atoms with Gasteiger partial charge in [0.05, 0.1) is 11.2 Å². The van der Waals surface area contributed by atoms with E-state index in [4.69, 9.17) is 0 Å². The Morgan fingerprint density at radius 2 is 1.82 bits per heavy atom. The maximum atomic E-state index is 13.4. The third kappa shape index (κ3) is 2.86. The van der Waals surface area contributed by atoms with E-state index >= 15 is 0 Å². The molecule has 2 fully saturated rings. The summed E-state index contributed by atoms with van der Waals surface area (Å²) in [6, 6.07) is 2.88. The fourth-order valence-electron chi connectivity index (χ4n) is 4.03. The summed E-state index contributed by atoms with van der Waals surface area (Å²) in [5.74, 6) is -0.706. The molecule has 0 aliphatic carbocycles. The second-order valence-corrected chi connectivity index (χ2v) is 6.66. The predicted octanol–water partition coefficient (Wildman–Crippen LogP) is 3.37. The van der Waals surface area contributed by atoms with Crippen molar-refractivity contribution in [2.45, 2.75) is 56.0 Å². The first kappa shape index (κ1) is 15.7. The van der Waals surface area contributed by atoms with E-state index < -0.39 is 23.2 Å². The molecule has 2 aliphatic heterocycles. The number of hydrogen-bond donors (Lipinski definition) is 1. The first-order chi connectivity index (χ1) is 10.2. The van der Waals surface area contributed by atoms with Crippen molar-refractivity contribution >= 4 is 0 Å². The van der Waals surface area contributed by atoms with Crippen LogP contribution in [0.5, 0.6) is 0 Å². The maximum Gasteiger partial charge on any atom is 0.416 e. The highest BCUT2D eigenvalue weighted by Gasteiger charge is 2.46. The Bertz CT molecular complexity index is 558. The third-order valence-electron chi connectivity index (χ3n) is 5.11. The van der Waals surface area contributed by atoms with Crippen molar-refractivity contribution in [1.82, 2.24) is 4.90 Å². The van der Waals surface area contributed by atoms with Gasteiger partial charge in [-0.15, -0.1) is 0 Å². The molecular formula is C16H19F4NO. The van der Waals surface area contributed by atoms with Crippen molar-refractivity contribution in [2.75, 3.05) is 7.05 Å². The van der Waals surface area contributed by atoms with Crippen molar-refractivity contribution in [1.29, 1.82) is 0 Å². The average molecular weight is 317 g/mol. The van der Waals surface area contributed by atoms with E-state index in [0.717, 1.165) is 31.0 Å². The van der Waals surface area contributed by atoms with Crippen LogP contribution >= 0.6 is 0 Å². The summed E-state index contributed by atoms with van der Waals surface area (Å²) in [6.07, 6.45) is -1.90. The molecule has 2 aliphatic rings. The summed E-state index contributed by atoms with van der Waals surface area (Å²) >= 11 is 0. The molecule has 2 nitrogen and oxygen atoms in total. The quantitative estimate of drug-likeness (QED) is 0.846. The van der Waals surface area contributed by atoms with Crippen LogP contribution in [0.3, 0.4) is 0 Å². The van der Waals surface area contributed by atoms with Crippen molar-refractivity contribution < 1.29 is 22.7 Å². The topological polar surface area (TPSA) is 23.5 Å². The first-order valence-electron chi connectivity index (χ1n) is 7.48. The minimum absolute atomic E-state index is 0.152. The van der Waals surface area contributed by atoms with E-state index in [-0.39, 0.29) is 24.1 Å². The molecule has 2 saturated heterocycles. The molecule has 1 N–H and O–H groups in total. The number of aliphatic hydroxyl groups is 1. The van der Waals surface area contributed by atoms with Gasteiger partial charge in [0.2, 0.25) is 0 Å². The maximum absolute atomic E-state index is 13.4. The van der Waals surface area contributed by atoms with Crippen molar-refractivity contribution in [3.05, 3.63) is 35.1 Å². The van der Waals surface area contributed by atoms with Gasteiger partial charge < -0.3 is 10.0 Å². The Labute approximate surface area is 126 Å². The Morgan fingerprint density at radius 3 is 2.36 bits per heavy atom. The molecule has 22 heavy (non-hydrogen) atoms. The van der Waals surface area contributed by atoms with Crippen molar-refractivity contribution in [2.24, 2.45) is 0 Å². The van der Waals surface area contributed by atoms with Crippen LogP contribution in [0.2, 0.25) is 0 Å². The number of piperidine rings is 1. The zero-order valence-electron chi connectivity index (χ0n) is 12.3. The van der Waals surface area contributed by atoms with E-state index in [1.165, 1.54) is 0 Å². The zero-order valence-corrected chi connectivity index (χ0v) is 12.3. The fourth-order valence-corrected chi connectivity index (χ4v) is 4.03. The average Bonchev–Trinajstić information content (AvgIpc) is 2.61. The number of nitrogens with zero attached hydrogens (tertiary/aromatic N) is 1. The van der Waals surface area contributed by atoms with Gasteiger partial charge in [0.25, 0.3) is 0 Å². The Hall–Kier alpha value is -1.14. The predicted molar refractivity (Wildman–Crippen MR) is 73.9 cm³/mol. The molecule has 1 aromatic carbocycles. The molecular weight excluding hydrogens is 298 g/mol. The Kier molecular flexibility index (Phi) is 3.72. The summed E-state index contributed by atoms with van der Waals surface area (Å²) in [5, 5.41) is 10.8. The molecule has 2 unspecified atom stereocenters. The first-order valence-corrected chi connectivity index (χ1v) is 7.48. The van der Waals surface area contributed by atoms with E-state index in [1.807, 2.05) is 7.05 Å². The van der Waals surface area contributed by atoms with Gasteiger partial charge in [0.1, 0.15) is 5.82 Å². The number of halogens is 4. The van der Waals surface area contributed by atoms with Gasteiger partial charge in [-0.2, -0.15) is 13.2 Å². The highest BCUT2D eigenvalue weighted by Crippen LogP contribution is 2.42. The van der Waals surface area contributed by atoms with Gasteiger partial charge in [0.15, 0.2) is 0 Å². The summed E-state index contributed by atoms with van der Waals surface area (Å²) < 4.78 is 52.6. The van der Waals surface area contributed by atoms with Crippen LogP contribution in [-0.2, 0) is 12.6 Å². The van der Waals surface area contributed by atoms with Crippen LogP contribution < -0.4 is 0 Å². The normalized spacial score (nSPS) is 32.5. The van der Waals surface area contributed by atoms with Gasteiger partial charge in [-0.25, -0.2) is 4.39 Å². The zero-order chi connectivity index (χ0) is 16.1. The minimum atomic E-state index is -4.54. The number of alkyl halides is 3. The molecule has 0 amide bonds. The van der Waals surface area contributed by atoms with Gasteiger partial charge in [-0.3, -0.25) is 0 Å². The molecule has 2 bridgehead atoms. The lowest BCUT2D eigenvalue weighted by Crippen LogP contribution is -2.50. The van der Waals surface area contributed by atoms with Crippen LogP contribution in [0, 0.1) is 5.82 Å². The standard InChI is InChI=1S/C16H19F4NO/c1-21-12-3-4-13(21)9-15(22,8-12)7-10-6-11(17)2-5-14(10)16(18,19)20/h2,5-6,12-13,22H,3-4,7-9H2,1H3. The van der Waals surface area contributed by atoms with Crippen LogP contribution in [0.25, 0.3) is 0 Å². The largest absolute Gasteiger partial charge is 0.416 e. The second kappa shape index (κ2) is 5.20. The molecule has 3 rings (SSSR count). The molecule has 0 aromatic heterocycles. The SMILES string of the molecule is CN1C2CCC1CC(O)(Cc1cc(F)ccc1C(F)(F)F)C2. The van der Waals surface area contributed by atoms with E-state index in [1.54, 1.807) is 0 Å². The Morgan fingerprint density at radius 1 is 1.23 bits per heavy atom. The van der Waals surface area contributed by atoms with Crippen LogP contribution in [0.15, 0.2) is 18.2 Å². The number of hydrogen-bond acceptors (Lipinski definition) is 2. The third-order valence-corrected chi connectivity index (χ3v) is 5.11. The summed E-state index contributed by atoms with van der Waals surface area (Å²) in [7, 11) is 1.99. The lowest BCUT2D eigenvalue weighted by Gasteiger charge is -2.42. The monoisotopic (exact) mass is 317 g/mol. The molecule has 2 heterocycles. The molecule has 0 saturated carbocycles. The molecule has 0 radical (unpaired) electrons. The molecule has 0 spiro atoms. The Balaban J connectivity index is 1.88. The lowest BCUT2D eigenvalue weighted by molar-refractivity contribution is -0.138. The molecule has 2 atom stereocenters. The van der Waals surface area contributed by atoms with Gasteiger partial charge in [-0.1, -0.05) is 0 Å². The van der Waals surface area contributed by atoms with Crippen LogP contribution in [-0.4, -0.2) is 34.7 Å². The molecule has 122 valence electrons. The van der Waals surface area contributed by atoms with Gasteiger partial charge in [0, 0.05) is 18.5 Å². The van der Waals surface area contributed by atoms with E-state index in [0.29, 0.717) is 12.8 Å². The van der Waals surface area contributed by atoms with Gasteiger partial charge >= 0.3 is 6.18 Å².